The Hall–Kier alpha value is -2.35. The molecule has 0 heterocycles. The maximum atomic E-state index is 13.6. The van der Waals surface area contributed by atoms with E-state index < -0.39 is 28.4 Å². The summed E-state index contributed by atoms with van der Waals surface area (Å²) < 4.78 is 52.8. The molecule has 0 aromatic heterocycles. The first-order valence-corrected chi connectivity index (χ1v) is 7.79. The largest absolute Gasteiger partial charge is 0.419 e. The number of hydrogen-bond donors (Lipinski definition) is 0. The minimum absolute atomic E-state index is 0.383. The number of nitriles is 1. The lowest BCUT2D eigenvalue weighted by Gasteiger charge is -2.43. The number of halogens is 4. The summed E-state index contributed by atoms with van der Waals surface area (Å²) in [5, 5.41) is 9.09. The number of alkyl halides is 3. The van der Waals surface area contributed by atoms with Gasteiger partial charge in [-0.05, 0) is 46.2 Å². The Labute approximate surface area is 144 Å². The van der Waals surface area contributed by atoms with Crippen molar-refractivity contribution < 1.29 is 17.6 Å². The minimum Gasteiger partial charge on any atom is -0.206 e. The topological polar surface area (TPSA) is 23.8 Å². The average molecular weight is 349 g/mol. The van der Waals surface area contributed by atoms with Crippen LogP contribution in [-0.2, 0) is 17.0 Å². The molecule has 0 amide bonds. The van der Waals surface area contributed by atoms with Crippen molar-refractivity contribution in [3.63, 3.8) is 0 Å². The van der Waals surface area contributed by atoms with Crippen LogP contribution in [0, 0.1) is 17.1 Å². The maximum absolute atomic E-state index is 13.6. The smallest absolute Gasteiger partial charge is 0.206 e. The van der Waals surface area contributed by atoms with Gasteiger partial charge in [-0.1, -0.05) is 45.9 Å². The van der Waals surface area contributed by atoms with Gasteiger partial charge in [0.15, 0.2) is 0 Å². The normalized spacial score (nSPS) is 12.8. The van der Waals surface area contributed by atoms with Crippen LogP contribution in [0.1, 0.15) is 49.9 Å². The Kier molecular flexibility index (Phi) is 4.69. The number of hydrogen-bond acceptors (Lipinski definition) is 1. The van der Waals surface area contributed by atoms with E-state index in [-0.39, 0.29) is 0 Å². The first-order valence-electron chi connectivity index (χ1n) is 7.79. The second-order valence-electron chi connectivity index (χ2n) is 7.13. The van der Waals surface area contributed by atoms with Gasteiger partial charge in [0.2, 0.25) is 0 Å². The van der Waals surface area contributed by atoms with Crippen molar-refractivity contribution in [2.45, 2.75) is 44.7 Å². The fourth-order valence-corrected chi connectivity index (χ4v) is 2.83. The van der Waals surface area contributed by atoms with E-state index in [1.165, 1.54) is 6.07 Å². The van der Waals surface area contributed by atoms with Gasteiger partial charge in [-0.25, -0.2) is 4.39 Å². The number of nitrogens with zero attached hydrogens (tertiary/aromatic N) is 1. The van der Waals surface area contributed by atoms with Gasteiger partial charge in [0.1, 0.15) is 5.82 Å². The lowest BCUT2D eigenvalue weighted by Crippen LogP contribution is -2.40. The molecule has 0 fully saturated rings. The van der Waals surface area contributed by atoms with Gasteiger partial charge in [-0.3, -0.25) is 0 Å². The molecular weight excluding hydrogens is 330 g/mol. The monoisotopic (exact) mass is 349 g/mol. The summed E-state index contributed by atoms with van der Waals surface area (Å²) in [5.41, 5.74) is -0.908. The van der Waals surface area contributed by atoms with Gasteiger partial charge in [-0.2, -0.15) is 18.4 Å². The quantitative estimate of drug-likeness (QED) is 0.626. The van der Waals surface area contributed by atoms with Crippen LogP contribution in [-0.4, -0.2) is 0 Å². The molecular formula is C20H19F4N. The van der Waals surface area contributed by atoms with Crippen LogP contribution in [0.25, 0.3) is 0 Å². The highest BCUT2D eigenvalue weighted by Gasteiger charge is 2.42. The van der Waals surface area contributed by atoms with Crippen LogP contribution in [0.2, 0.25) is 0 Å². The molecule has 0 aliphatic rings. The summed E-state index contributed by atoms with van der Waals surface area (Å²) in [6.07, 6.45) is -4.75. The van der Waals surface area contributed by atoms with Crippen LogP contribution in [0.5, 0.6) is 0 Å². The van der Waals surface area contributed by atoms with Crippen molar-refractivity contribution >= 4 is 0 Å². The van der Waals surface area contributed by atoms with Crippen molar-refractivity contribution in [2.75, 3.05) is 0 Å². The molecule has 0 saturated heterocycles. The van der Waals surface area contributed by atoms with Crippen molar-refractivity contribution in [2.24, 2.45) is 0 Å². The first-order chi connectivity index (χ1) is 11.4. The molecule has 0 aliphatic carbocycles. The van der Waals surface area contributed by atoms with E-state index in [1.807, 2.05) is 33.8 Å². The van der Waals surface area contributed by atoms with E-state index in [9.17, 15) is 17.6 Å². The van der Waals surface area contributed by atoms with E-state index in [4.69, 9.17) is 5.26 Å². The standard InChI is InChI=1S/C20H19F4N/c1-18(2,14-7-5-6-13(10-14)12-25)19(3,4)15-8-9-17(21)16(11-15)20(22,23)24/h5-11H,1-4H3. The molecule has 2 rings (SSSR count). The molecule has 132 valence electrons. The van der Waals surface area contributed by atoms with Crippen molar-refractivity contribution in [3.8, 4) is 6.07 Å². The van der Waals surface area contributed by atoms with Gasteiger partial charge in [0.25, 0.3) is 0 Å². The summed E-state index contributed by atoms with van der Waals surface area (Å²) in [6, 6.07) is 12.2. The lowest BCUT2D eigenvalue weighted by atomic mass is 9.61. The van der Waals surface area contributed by atoms with Crippen LogP contribution < -0.4 is 0 Å². The Morgan fingerprint density at radius 2 is 1.40 bits per heavy atom. The summed E-state index contributed by atoms with van der Waals surface area (Å²) in [4.78, 5) is 0. The van der Waals surface area contributed by atoms with Gasteiger partial charge < -0.3 is 0 Å². The second-order valence-corrected chi connectivity index (χ2v) is 7.13. The molecule has 25 heavy (non-hydrogen) atoms. The SMILES string of the molecule is CC(C)(c1cccc(C#N)c1)C(C)(C)c1ccc(F)c(C(F)(F)F)c1. The Morgan fingerprint density at radius 3 is 1.92 bits per heavy atom. The predicted molar refractivity (Wildman–Crippen MR) is 88.6 cm³/mol. The molecule has 0 unspecified atom stereocenters. The highest BCUT2D eigenvalue weighted by Crippen LogP contribution is 2.45. The summed E-state index contributed by atoms with van der Waals surface area (Å²) in [7, 11) is 0. The van der Waals surface area contributed by atoms with Crippen LogP contribution in [0.3, 0.4) is 0 Å². The molecule has 0 radical (unpaired) electrons. The molecule has 2 aromatic rings. The molecule has 0 saturated carbocycles. The van der Waals surface area contributed by atoms with Crippen molar-refractivity contribution in [3.05, 3.63) is 70.5 Å². The van der Waals surface area contributed by atoms with E-state index in [1.54, 1.807) is 18.2 Å². The maximum Gasteiger partial charge on any atom is 0.419 e. The number of rotatable bonds is 3. The summed E-state index contributed by atoms with van der Waals surface area (Å²) in [5.74, 6) is -1.28. The van der Waals surface area contributed by atoms with Crippen LogP contribution in [0.4, 0.5) is 17.6 Å². The molecule has 0 N–H and O–H groups in total. The lowest BCUT2D eigenvalue weighted by molar-refractivity contribution is -0.140. The van der Waals surface area contributed by atoms with E-state index in [0.717, 1.165) is 17.7 Å². The zero-order chi connectivity index (χ0) is 19.0. The molecule has 0 spiro atoms. The Morgan fingerprint density at radius 1 is 0.840 bits per heavy atom. The molecule has 0 aliphatic heterocycles. The van der Waals surface area contributed by atoms with Gasteiger partial charge >= 0.3 is 6.18 Å². The molecule has 0 atom stereocenters. The first kappa shape index (κ1) is 19.0. The molecule has 2 aromatic carbocycles. The fraction of sp³-hybridized carbons (Fsp3) is 0.350. The third-order valence-corrected chi connectivity index (χ3v) is 5.27. The van der Waals surface area contributed by atoms with E-state index >= 15 is 0 Å². The van der Waals surface area contributed by atoms with Crippen LogP contribution >= 0.6 is 0 Å². The van der Waals surface area contributed by atoms with Gasteiger partial charge in [-0.15, -0.1) is 0 Å². The van der Waals surface area contributed by atoms with E-state index in [2.05, 4.69) is 6.07 Å². The third-order valence-electron chi connectivity index (χ3n) is 5.27. The highest BCUT2D eigenvalue weighted by atomic mass is 19.4. The predicted octanol–water partition coefficient (Wildman–Crippen LogP) is 5.97. The van der Waals surface area contributed by atoms with E-state index in [0.29, 0.717) is 11.1 Å². The van der Waals surface area contributed by atoms with Crippen molar-refractivity contribution in [1.82, 2.24) is 0 Å². The Bertz CT molecular complexity index is 826. The number of benzene rings is 2. The zero-order valence-corrected chi connectivity index (χ0v) is 14.5. The highest BCUT2D eigenvalue weighted by molar-refractivity contribution is 5.42. The van der Waals surface area contributed by atoms with Crippen molar-refractivity contribution in [1.29, 1.82) is 5.26 Å². The minimum atomic E-state index is -4.75. The van der Waals surface area contributed by atoms with Gasteiger partial charge in [0.05, 0.1) is 17.2 Å². The van der Waals surface area contributed by atoms with Crippen LogP contribution in [0.15, 0.2) is 42.5 Å². The third kappa shape index (κ3) is 3.39. The summed E-state index contributed by atoms with van der Waals surface area (Å²) in [6.45, 7) is 7.44. The Balaban J connectivity index is 2.59. The molecule has 0 bridgehead atoms. The second kappa shape index (κ2) is 6.18. The zero-order valence-electron chi connectivity index (χ0n) is 14.5. The molecule has 1 nitrogen and oxygen atoms in total. The average Bonchev–Trinajstić information content (AvgIpc) is 2.53. The molecule has 5 heteroatoms. The fourth-order valence-electron chi connectivity index (χ4n) is 2.83. The summed E-state index contributed by atoms with van der Waals surface area (Å²) >= 11 is 0. The van der Waals surface area contributed by atoms with Gasteiger partial charge in [0, 0.05) is 0 Å².